The second-order valence-electron chi connectivity index (χ2n) is 8.84. The van der Waals surface area contributed by atoms with Crippen molar-refractivity contribution in [1.29, 1.82) is 0 Å². The Hall–Kier alpha value is -2.88. The summed E-state index contributed by atoms with van der Waals surface area (Å²) < 4.78 is 0. The van der Waals surface area contributed by atoms with Gasteiger partial charge in [-0.25, -0.2) is 0 Å². The van der Waals surface area contributed by atoms with Gasteiger partial charge in [0.15, 0.2) is 0 Å². The number of amides is 5. The maximum absolute atomic E-state index is 12.8. The van der Waals surface area contributed by atoms with E-state index < -0.39 is 23.9 Å². The van der Waals surface area contributed by atoms with E-state index in [1.54, 1.807) is 32.9 Å². The zero-order valence-corrected chi connectivity index (χ0v) is 21.9. The Morgan fingerprint density at radius 3 is 2.26 bits per heavy atom. The predicted molar refractivity (Wildman–Crippen MR) is 137 cm³/mol. The highest BCUT2D eigenvalue weighted by Gasteiger charge is 2.38. The van der Waals surface area contributed by atoms with E-state index in [2.05, 4.69) is 16.0 Å². The average Bonchev–Trinajstić information content (AvgIpc) is 3.08. The molecule has 0 spiro atoms. The molecule has 5 amide bonds. The molecule has 3 N–H and O–H groups in total. The first-order valence-electron chi connectivity index (χ1n) is 12.0. The van der Waals surface area contributed by atoms with Crippen LogP contribution in [0.3, 0.4) is 0 Å². The number of carbonyl (C=O) groups excluding carboxylic acids is 5. The summed E-state index contributed by atoms with van der Waals surface area (Å²) in [5, 5.41) is 7.71. The predicted octanol–water partition coefficient (Wildman–Crippen LogP) is 2.10. The largest absolute Gasteiger partial charge is 0.344 e. The highest BCUT2D eigenvalue weighted by Crippen LogP contribution is 2.24. The highest BCUT2D eigenvalue weighted by molar-refractivity contribution is 8.00. The van der Waals surface area contributed by atoms with Crippen molar-refractivity contribution in [2.75, 3.05) is 17.6 Å². The Labute approximate surface area is 211 Å². The number of nitrogens with zero attached hydrogens (tertiary/aromatic N) is 1. The first-order chi connectivity index (χ1) is 16.6. The van der Waals surface area contributed by atoms with Crippen LogP contribution in [-0.2, 0) is 30.4 Å². The van der Waals surface area contributed by atoms with Gasteiger partial charge in [0, 0.05) is 25.1 Å². The Morgan fingerprint density at radius 1 is 1.03 bits per heavy atom. The van der Waals surface area contributed by atoms with E-state index in [1.807, 2.05) is 26.0 Å². The van der Waals surface area contributed by atoms with Crippen LogP contribution >= 0.6 is 11.8 Å². The standard InChI is InChI=1S/C25H36N4O5S/c1-6-17-8-10-18(11-9-17)27-23(32)16(5)26-24(33)22(15(3)4)28-20(30)12-13-29-21(31)14-19(25(29)34)35-7-2/h8-11,15-16,19,22H,6-7,12-14H2,1-5H3,(H,26,33)(H,27,32)(H,28,30)/t16-,19?,22?/m0/s1. The lowest BCUT2D eigenvalue weighted by Crippen LogP contribution is -2.54. The zero-order valence-electron chi connectivity index (χ0n) is 21.1. The molecule has 1 heterocycles. The SMILES string of the molecule is CCSC1CC(=O)N(CCC(=O)NC(C(=O)N[C@@H](C)C(=O)Nc2ccc(CC)cc2)C(C)C)C1=O. The molecule has 35 heavy (non-hydrogen) atoms. The van der Waals surface area contributed by atoms with E-state index >= 15 is 0 Å². The third-order valence-electron chi connectivity index (χ3n) is 5.78. The van der Waals surface area contributed by atoms with E-state index in [0.717, 1.165) is 22.6 Å². The summed E-state index contributed by atoms with van der Waals surface area (Å²) in [6.07, 6.45) is 0.950. The molecule has 10 heteroatoms. The molecule has 2 rings (SSSR count). The molecule has 2 unspecified atom stereocenters. The van der Waals surface area contributed by atoms with Crippen LogP contribution in [0.25, 0.3) is 0 Å². The molecule has 0 bridgehead atoms. The minimum absolute atomic E-state index is 0.0215. The minimum atomic E-state index is -0.866. The monoisotopic (exact) mass is 504 g/mol. The molecule has 192 valence electrons. The number of anilines is 1. The third-order valence-corrected chi connectivity index (χ3v) is 6.88. The van der Waals surface area contributed by atoms with Crippen LogP contribution in [0.5, 0.6) is 0 Å². The fraction of sp³-hybridized carbons (Fsp3) is 0.560. The van der Waals surface area contributed by atoms with Crippen LogP contribution in [0.15, 0.2) is 24.3 Å². The van der Waals surface area contributed by atoms with Gasteiger partial charge in [-0.3, -0.25) is 28.9 Å². The number of hydrogen-bond donors (Lipinski definition) is 3. The molecule has 1 saturated heterocycles. The number of nitrogens with one attached hydrogen (secondary N) is 3. The van der Waals surface area contributed by atoms with Crippen molar-refractivity contribution in [2.24, 2.45) is 5.92 Å². The summed E-state index contributed by atoms with van der Waals surface area (Å²) in [7, 11) is 0. The van der Waals surface area contributed by atoms with Crippen LogP contribution in [0, 0.1) is 5.92 Å². The summed E-state index contributed by atoms with van der Waals surface area (Å²) in [5.74, 6) is -1.36. The van der Waals surface area contributed by atoms with Crippen molar-refractivity contribution in [1.82, 2.24) is 15.5 Å². The van der Waals surface area contributed by atoms with Gasteiger partial charge in [0.1, 0.15) is 12.1 Å². The van der Waals surface area contributed by atoms with Crippen LogP contribution in [0.2, 0.25) is 0 Å². The summed E-state index contributed by atoms with van der Waals surface area (Å²) in [6.45, 7) is 9.08. The van der Waals surface area contributed by atoms with Gasteiger partial charge in [-0.15, -0.1) is 11.8 Å². The lowest BCUT2D eigenvalue weighted by atomic mass is 10.0. The number of thioether (sulfide) groups is 1. The Kier molecular flexibility index (Phi) is 10.8. The van der Waals surface area contributed by atoms with Gasteiger partial charge in [0.25, 0.3) is 0 Å². The fourth-order valence-corrected chi connectivity index (χ4v) is 4.59. The van der Waals surface area contributed by atoms with E-state index in [1.165, 1.54) is 11.8 Å². The van der Waals surface area contributed by atoms with Crippen LogP contribution < -0.4 is 16.0 Å². The van der Waals surface area contributed by atoms with Gasteiger partial charge in [0.2, 0.25) is 29.5 Å². The Morgan fingerprint density at radius 2 is 1.69 bits per heavy atom. The second kappa shape index (κ2) is 13.3. The Bertz CT molecular complexity index is 934. The molecule has 9 nitrogen and oxygen atoms in total. The van der Waals surface area contributed by atoms with Crippen LogP contribution in [0.1, 0.15) is 53.0 Å². The Balaban J connectivity index is 1.88. The lowest BCUT2D eigenvalue weighted by molar-refractivity contribution is -0.139. The van der Waals surface area contributed by atoms with E-state index in [0.29, 0.717) is 5.69 Å². The maximum atomic E-state index is 12.8. The normalized spacial score (nSPS) is 17.3. The van der Waals surface area contributed by atoms with E-state index in [4.69, 9.17) is 0 Å². The molecule has 1 fully saturated rings. The quantitative estimate of drug-likeness (QED) is 0.375. The van der Waals surface area contributed by atoms with Gasteiger partial charge in [-0.05, 0) is 42.7 Å². The molecule has 0 radical (unpaired) electrons. The molecule has 1 aliphatic rings. The van der Waals surface area contributed by atoms with Gasteiger partial charge in [0.05, 0.1) is 5.25 Å². The zero-order chi connectivity index (χ0) is 26.1. The number of rotatable bonds is 12. The number of hydrogen-bond acceptors (Lipinski definition) is 6. The number of carbonyl (C=O) groups is 5. The van der Waals surface area contributed by atoms with E-state index in [9.17, 15) is 24.0 Å². The van der Waals surface area contributed by atoms with Crippen LogP contribution in [-0.4, -0.2) is 64.1 Å². The fourth-order valence-electron chi connectivity index (χ4n) is 3.66. The molecular formula is C25H36N4O5S. The van der Waals surface area contributed by atoms with Crippen molar-refractivity contribution in [2.45, 2.75) is 71.2 Å². The molecule has 1 aromatic carbocycles. The molecule has 0 saturated carbocycles. The van der Waals surface area contributed by atoms with Crippen LogP contribution in [0.4, 0.5) is 5.69 Å². The number of likely N-dealkylation sites (tertiary alicyclic amines) is 1. The summed E-state index contributed by atoms with van der Waals surface area (Å²) in [6, 6.07) is 5.78. The van der Waals surface area contributed by atoms with Crippen molar-refractivity contribution in [3.05, 3.63) is 29.8 Å². The average molecular weight is 505 g/mol. The van der Waals surface area contributed by atoms with Crippen molar-refractivity contribution in [3.63, 3.8) is 0 Å². The first kappa shape index (κ1) is 28.4. The number of imide groups is 1. The minimum Gasteiger partial charge on any atom is -0.344 e. The lowest BCUT2D eigenvalue weighted by Gasteiger charge is -2.24. The summed E-state index contributed by atoms with van der Waals surface area (Å²) >= 11 is 1.42. The topological polar surface area (TPSA) is 125 Å². The number of aryl methyl sites for hydroxylation is 1. The molecule has 1 aliphatic heterocycles. The van der Waals surface area contributed by atoms with Gasteiger partial charge in [-0.1, -0.05) is 39.8 Å². The second-order valence-corrected chi connectivity index (χ2v) is 10.3. The molecular weight excluding hydrogens is 468 g/mol. The summed E-state index contributed by atoms with van der Waals surface area (Å²) in [5.41, 5.74) is 1.78. The number of benzene rings is 1. The summed E-state index contributed by atoms with van der Waals surface area (Å²) in [4.78, 5) is 63.5. The molecule has 1 aromatic rings. The van der Waals surface area contributed by atoms with Gasteiger partial charge >= 0.3 is 0 Å². The third kappa shape index (κ3) is 8.09. The molecule has 3 atom stereocenters. The molecule has 0 aromatic heterocycles. The van der Waals surface area contributed by atoms with Crippen molar-refractivity contribution >= 4 is 47.0 Å². The van der Waals surface area contributed by atoms with E-state index in [-0.39, 0.29) is 48.3 Å². The maximum Gasteiger partial charge on any atom is 0.246 e. The highest BCUT2D eigenvalue weighted by atomic mass is 32.2. The smallest absolute Gasteiger partial charge is 0.246 e. The first-order valence-corrected chi connectivity index (χ1v) is 13.1. The van der Waals surface area contributed by atoms with Gasteiger partial charge < -0.3 is 16.0 Å². The molecule has 0 aliphatic carbocycles. The van der Waals surface area contributed by atoms with Crippen molar-refractivity contribution in [3.8, 4) is 0 Å². The van der Waals surface area contributed by atoms with Crippen molar-refractivity contribution < 1.29 is 24.0 Å². The van der Waals surface area contributed by atoms with Gasteiger partial charge in [-0.2, -0.15) is 0 Å².